The average Bonchev–Trinajstić information content (AvgIpc) is 3.02. The maximum absolute atomic E-state index is 12.9. The van der Waals surface area contributed by atoms with Gasteiger partial charge < -0.3 is 9.80 Å². The van der Waals surface area contributed by atoms with Crippen LogP contribution in [0.2, 0.25) is 5.02 Å². The minimum absolute atomic E-state index is 0.00221. The van der Waals surface area contributed by atoms with Gasteiger partial charge in [-0.15, -0.1) is 11.3 Å². The molecule has 9 heteroatoms. The molecular formula is C18H21ClN4O3S. The molecule has 0 unspecified atom stereocenters. The first-order valence-corrected chi connectivity index (χ1v) is 10.0. The van der Waals surface area contributed by atoms with E-state index in [1.165, 1.54) is 17.4 Å². The van der Waals surface area contributed by atoms with Crippen molar-refractivity contribution in [1.29, 1.82) is 0 Å². The Bertz CT molecular complexity index is 862. The molecule has 0 N–H and O–H groups in total. The van der Waals surface area contributed by atoms with Gasteiger partial charge in [-0.05, 0) is 31.9 Å². The Morgan fingerprint density at radius 2 is 2.04 bits per heavy atom. The second-order valence-electron chi connectivity index (χ2n) is 6.44. The number of aryl methyl sites for hydroxylation is 2. The molecule has 0 bridgehead atoms. The van der Waals surface area contributed by atoms with Crippen molar-refractivity contribution >= 4 is 40.2 Å². The number of anilines is 1. The predicted octanol–water partition coefficient (Wildman–Crippen LogP) is 3.93. The van der Waals surface area contributed by atoms with E-state index in [-0.39, 0.29) is 11.6 Å². The Kier molecular flexibility index (Phi) is 5.96. The van der Waals surface area contributed by atoms with Crippen LogP contribution in [0.5, 0.6) is 0 Å². The van der Waals surface area contributed by atoms with Crippen molar-refractivity contribution in [3.63, 3.8) is 0 Å². The van der Waals surface area contributed by atoms with Crippen LogP contribution < -0.4 is 4.90 Å². The molecule has 2 aromatic rings. The second-order valence-corrected chi connectivity index (χ2v) is 7.96. The van der Waals surface area contributed by atoms with E-state index < -0.39 is 4.92 Å². The number of hydrogen-bond donors (Lipinski definition) is 0. The molecule has 0 saturated carbocycles. The second kappa shape index (κ2) is 8.22. The van der Waals surface area contributed by atoms with Crippen LogP contribution in [-0.4, -0.2) is 46.9 Å². The summed E-state index contributed by atoms with van der Waals surface area (Å²) in [7, 11) is 0. The average molecular weight is 409 g/mol. The standard InChI is InChI=1S/C18H21ClN4O3S/c1-3-4-16-20-12(2)17(27-16)18(24)22-9-7-21(8-10-22)14-6-5-13(19)11-15(14)23(25)26/h5-6,11H,3-4,7-10H2,1-2H3. The molecule has 0 aliphatic carbocycles. The van der Waals surface area contributed by atoms with Crippen LogP contribution in [0, 0.1) is 17.0 Å². The van der Waals surface area contributed by atoms with Crippen molar-refractivity contribution in [2.75, 3.05) is 31.1 Å². The molecule has 144 valence electrons. The number of carbonyl (C=O) groups is 1. The van der Waals surface area contributed by atoms with Crippen LogP contribution in [0.25, 0.3) is 0 Å². The fourth-order valence-electron chi connectivity index (χ4n) is 3.18. The van der Waals surface area contributed by atoms with E-state index >= 15 is 0 Å². The highest BCUT2D eigenvalue weighted by Crippen LogP contribution is 2.32. The highest BCUT2D eigenvalue weighted by Gasteiger charge is 2.28. The molecule has 0 radical (unpaired) electrons. The molecule has 27 heavy (non-hydrogen) atoms. The van der Waals surface area contributed by atoms with Gasteiger partial charge in [0.05, 0.1) is 15.6 Å². The zero-order valence-electron chi connectivity index (χ0n) is 15.3. The molecule has 0 atom stereocenters. The molecular weight excluding hydrogens is 388 g/mol. The molecule has 1 saturated heterocycles. The van der Waals surface area contributed by atoms with Gasteiger partial charge in [-0.1, -0.05) is 18.5 Å². The van der Waals surface area contributed by atoms with Crippen LogP contribution in [0.3, 0.4) is 0 Å². The monoisotopic (exact) mass is 408 g/mol. The summed E-state index contributed by atoms with van der Waals surface area (Å²) in [5, 5.41) is 12.6. The van der Waals surface area contributed by atoms with Gasteiger partial charge in [0.25, 0.3) is 11.6 Å². The van der Waals surface area contributed by atoms with E-state index in [1.54, 1.807) is 17.0 Å². The Labute approximate surface area is 166 Å². The highest BCUT2D eigenvalue weighted by molar-refractivity contribution is 7.13. The maximum atomic E-state index is 12.9. The van der Waals surface area contributed by atoms with Crippen molar-refractivity contribution in [1.82, 2.24) is 9.88 Å². The van der Waals surface area contributed by atoms with E-state index in [4.69, 9.17) is 11.6 Å². The summed E-state index contributed by atoms with van der Waals surface area (Å²) < 4.78 is 0. The molecule has 1 amide bonds. The van der Waals surface area contributed by atoms with E-state index in [1.807, 2.05) is 11.8 Å². The molecule has 1 aromatic heterocycles. The molecule has 7 nitrogen and oxygen atoms in total. The fraction of sp³-hybridized carbons (Fsp3) is 0.444. The predicted molar refractivity (Wildman–Crippen MR) is 107 cm³/mol. The van der Waals surface area contributed by atoms with Crippen molar-refractivity contribution in [3.05, 3.63) is 48.9 Å². The molecule has 0 spiro atoms. The van der Waals surface area contributed by atoms with Crippen LogP contribution in [0.15, 0.2) is 18.2 Å². The van der Waals surface area contributed by atoms with Crippen molar-refractivity contribution in [2.45, 2.75) is 26.7 Å². The number of rotatable bonds is 5. The molecule has 1 fully saturated rings. The Morgan fingerprint density at radius 3 is 2.67 bits per heavy atom. The summed E-state index contributed by atoms with van der Waals surface area (Å²) in [6, 6.07) is 4.68. The third kappa shape index (κ3) is 4.22. The van der Waals surface area contributed by atoms with Crippen molar-refractivity contribution in [3.8, 4) is 0 Å². The first-order chi connectivity index (χ1) is 12.9. The van der Waals surface area contributed by atoms with Gasteiger partial charge in [0, 0.05) is 37.3 Å². The third-order valence-corrected chi connectivity index (χ3v) is 5.98. The summed E-state index contributed by atoms with van der Waals surface area (Å²) in [5.41, 5.74) is 1.31. The lowest BCUT2D eigenvalue weighted by Gasteiger charge is -2.35. The van der Waals surface area contributed by atoms with E-state index in [9.17, 15) is 14.9 Å². The minimum Gasteiger partial charge on any atom is -0.362 e. The topological polar surface area (TPSA) is 79.6 Å². The van der Waals surface area contributed by atoms with Gasteiger partial charge in [-0.2, -0.15) is 0 Å². The lowest BCUT2D eigenvalue weighted by molar-refractivity contribution is -0.384. The lowest BCUT2D eigenvalue weighted by atomic mass is 10.2. The van der Waals surface area contributed by atoms with E-state index in [0.29, 0.717) is 41.8 Å². The number of piperazine rings is 1. The Hall–Kier alpha value is -2.19. The van der Waals surface area contributed by atoms with Gasteiger partial charge in [0.15, 0.2) is 0 Å². The molecule has 2 heterocycles. The first-order valence-electron chi connectivity index (χ1n) is 8.85. The number of thiazole rings is 1. The third-order valence-electron chi connectivity index (χ3n) is 4.54. The smallest absolute Gasteiger partial charge is 0.294 e. The van der Waals surface area contributed by atoms with Crippen LogP contribution in [0.4, 0.5) is 11.4 Å². The number of benzene rings is 1. The van der Waals surface area contributed by atoms with Gasteiger partial charge in [-0.25, -0.2) is 4.98 Å². The Balaban J connectivity index is 1.71. The van der Waals surface area contributed by atoms with Crippen LogP contribution in [-0.2, 0) is 6.42 Å². The number of amides is 1. The van der Waals surface area contributed by atoms with Crippen LogP contribution >= 0.6 is 22.9 Å². The summed E-state index contributed by atoms with van der Waals surface area (Å²) in [6.07, 6.45) is 1.88. The minimum atomic E-state index is -0.422. The summed E-state index contributed by atoms with van der Waals surface area (Å²) >= 11 is 7.36. The number of aromatic nitrogens is 1. The molecule has 1 aliphatic heterocycles. The number of nitro benzene ring substituents is 1. The van der Waals surface area contributed by atoms with Crippen molar-refractivity contribution < 1.29 is 9.72 Å². The number of halogens is 1. The molecule has 1 aliphatic rings. The van der Waals surface area contributed by atoms with Gasteiger partial charge in [0.1, 0.15) is 10.6 Å². The zero-order valence-corrected chi connectivity index (χ0v) is 16.8. The van der Waals surface area contributed by atoms with E-state index in [2.05, 4.69) is 11.9 Å². The highest BCUT2D eigenvalue weighted by atomic mass is 35.5. The van der Waals surface area contributed by atoms with E-state index in [0.717, 1.165) is 23.5 Å². The van der Waals surface area contributed by atoms with Crippen molar-refractivity contribution in [2.24, 2.45) is 0 Å². The normalized spacial score (nSPS) is 14.5. The molecule has 1 aromatic carbocycles. The SMILES string of the molecule is CCCc1nc(C)c(C(=O)N2CCN(c3ccc(Cl)cc3[N+](=O)[O-])CC2)s1. The van der Waals surface area contributed by atoms with Crippen LogP contribution in [0.1, 0.15) is 33.7 Å². The summed E-state index contributed by atoms with van der Waals surface area (Å²) in [6.45, 7) is 6.06. The van der Waals surface area contributed by atoms with Gasteiger partial charge >= 0.3 is 0 Å². The summed E-state index contributed by atoms with van der Waals surface area (Å²) in [5.74, 6) is -0.00221. The Morgan fingerprint density at radius 1 is 1.33 bits per heavy atom. The van der Waals surface area contributed by atoms with Gasteiger partial charge in [0.2, 0.25) is 0 Å². The zero-order chi connectivity index (χ0) is 19.6. The largest absolute Gasteiger partial charge is 0.362 e. The number of carbonyl (C=O) groups excluding carboxylic acids is 1. The van der Waals surface area contributed by atoms with Gasteiger partial charge in [-0.3, -0.25) is 14.9 Å². The number of nitro groups is 1. The number of hydrogen-bond acceptors (Lipinski definition) is 6. The molecule has 3 rings (SSSR count). The quantitative estimate of drug-likeness (QED) is 0.553. The lowest BCUT2D eigenvalue weighted by Crippen LogP contribution is -2.48. The summed E-state index contributed by atoms with van der Waals surface area (Å²) in [4.78, 5) is 32.7. The number of nitrogens with zero attached hydrogens (tertiary/aromatic N) is 4. The first kappa shape index (κ1) is 19.6. The fourth-order valence-corrected chi connectivity index (χ4v) is 4.48. The maximum Gasteiger partial charge on any atom is 0.294 e.